The fourth-order valence-corrected chi connectivity index (χ4v) is 1.65. The summed E-state index contributed by atoms with van der Waals surface area (Å²) < 4.78 is 25.2. The van der Waals surface area contributed by atoms with E-state index in [1.54, 1.807) is 0 Å². The maximum Gasteiger partial charge on any atom is 0.412 e. The van der Waals surface area contributed by atoms with Crippen molar-refractivity contribution in [3.63, 3.8) is 0 Å². The summed E-state index contributed by atoms with van der Waals surface area (Å²) in [6.07, 6.45) is 0. The Balaban J connectivity index is 4.14. The van der Waals surface area contributed by atoms with E-state index in [-0.39, 0.29) is 0 Å². The molecule has 0 aliphatic heterocycles. The van der Waals surface area contributed by atoms with Crippen LogP contribution < -0.4 is 0 Å². The summed E-state index contributed by atoms with van der Waals surface area (Å²) >= 11 is 0. The van der Waals surface area contributed by atoms with Gasteiger partial charge in [-0.2, -0.15) is 0 Å². The highest BCUT2D eigenvalue weighted by Gasteiger charge is 2.24. The molecule has 0 aromatic carbocycles. The van der Waals surface area contributed by atoms with Crippen molar-refractivity contribution in [3.05, 3.63) is 0 Å². The van der Waals surface area contributed by atoms with Gasteiger partial charge in [0.2, 0.25) is 0 Å². The van der Waals surface area contributed by atoms with Gasteiger partial charge in [0.15, 0.2) is 0 Å². The molecule has 0 aliphatic carbocycles. The summed E-state index contributed by atoms with van der Waals surface area (Å²) in [5, 5.41) is 0. The molecule has 0 spiro atoms. The quantitative estimate of drug-likeness (QED) is 0.609. The van der Waals surface area contributed by atoms with E-state index >= 15 is 0 Å². The highest BCUT2D eigenvalue weighted by atomic mass is 31.2. The van der Waals surface area contributed by atoms with Gasteiger partial charge in [-0.25, -0.2) is 13.5 Å². The van der Waals surface area contributed by atoms with Crippen molar-refractivity contribution in [3.8, 4) is 0 Å². The van der Waals surface area contributed by atoms with E-state index in [4.69, 9.17) is 9.79 Å². The van der Waals surface area contributed by atoms with Crippen molar-refractivity contribution in [2.45, 2.75) is 0 Å². The van der Waals surface area contributed by atoms with E-state index in [1.165, 1.54) is 14.1 Å². The molecule has 2 unspecified atom stereocenters. The molecule has 8 heteroatoms. The maximum absolute atomic E-state index is 10.6. The van der Waals surface area contributed by atoms with Crippen LogP contribution in [0.15, 0.2) is 0 Å². The van der Waals surface area contributed by atoms with Gasteiger partial charge in [0.25, 0.3) is 0 Å². The van der Waals surface area contributed by atoms with Crippen LogP contribution in [-0.4, -0.2) is 28.6 Å². The average molecular weight is 189 g/mol. The first kappa shape index (κ1) is 10.3. The molecular formula is C2H9NO5P2. The zero-order valence-electron chi connectivity index (χ0n) is 5.51. The van der Waals surface area contributed by atoms with Crippen molar-refractivity contribution in [2.24, 2.45) is 0 Å². The van der Waals surface area contributed by atoms with Crippen LogP contribution in [0.3, 0.4) is 0 Å². The SMILES string of the molecule is CN(C)P(=O)(O)O[PH](=O)O. The molecule has 62 valence electrons. The Morgan fingerprint density at radius 3 is 2.10 bits per heavy atom. The lowest BCUT2D eigenvalue weighted by Gasteiger charge is -2.15. The van der Waals surface area contributed by atoms with Crippen LogP contribution in [0.1, 0.15) is 0 Å². The first-order valence-corrected chi connectivity index (χ1v) is 5.09. The Labute approximate surface area is 59.0 Å². The van der Waals surface area contributed by atoms with E-state index in [2.05, 4.69) is 4.31 Å². The molecule has 0 fully saturated rings. The van der Waals surface area contributed by atoms with Crippen molar-refractivity contribution < 1.29 is 23.2 Å². The normalized spacial score (nSPS) is 20.5. The summed E-state index contributed by atoms with van der Waals surface area (Å²) in [5.41, 5.74) is 0. The van der Waals surface area contributed by atoms with E-state index in [9.17, 15) is 9.13 Å². The van der Waals surface area contributed by atoms with Crippen molar-refractivity contribution in [1.29, 1.82) is 0 Å². The molecule has 6 nitrogen and oxygen atoms in total. The first-order chi connectivity index (χ1) is 4.36. The molecule has 0 aliphatic rings. The fourth-order valence-electron chi connectivity index (χ4n) is 0.183. The van der Waals surface area contributed by atoms with Crippen LogP contribution in [-0.2, 0) is 13.4 Å². The van der Waals surface area contributed by atoms with Gasteiger partial charge in [-0.1, -0.05) is 0 Å². The number of hydrogen-bond donors (Lipinski definition) is 2. The highest BCUT2D eigenvalue weighted by Crippen LogP contribution is 2.50. The number of rotatable bonds is 3. The third-order valence-corrected chi connectivity index (χ3v) is 3.29. The molecule has 10 heavy (non-hydrogen) atoms. The molecule has 0 saturated heterocycles. The zero-order valence-corrected chi connectivity index (χ0v) is 7.41. The zero-order chi connectivity index (χ0) is 8.36. The van der Waals surface area contributed by atoms with E-state index in [1.807, 2.05) is 0 Å². The van der Waals surface area contributed by atoms with E-state index in [0.717, 1.165) is 4.67 Å². The van der Waals surface area contributed by atoms with Crippen LogP contribution >= 0.6 is 16.0 Å². The summed E-state index contributed by atoms with van der Waals surface area (Å²) in [7, 11) is -4.81. The van der Waals surface area contributed by atoms with Gasteiger partial charge in [-0.15, -0.1) is 0 Å². The summed E-state index contributed by atoms with van der Waals surface area (Å²) in [6, 6.07) is 0. The first-order valence-electron chi connectivity index (χ1n) is 2.29. The minimum absolute atomic E-state index is 0.839. The lowest BCUT2D eigenvalue weighted by atomic mass is 11.3. The monoisotopic (exact) mass is 189 g/mol. The summed E-state index contributed by atoms with van der Waals surface area (Å²) in [4.78, 5) is 16.8. The van der Waals surface area contributed by atoms with Gasteiger partial charge in [0, 0.05) is 0 Å². The third-order valence-electron chi connectivity index (χ3n) is 0.702. The van der Waals surface area contributed by atoms with Gasteiger partial charge >= 0.3 is 16.0 Å². The molecular weight excluding hydrogens is 180 g/mol. The van der Waals surface area contributed by atoms with Gasteiger partial charge in [0.05, 0.1) is 0 Å². The molecule has 0 saturated carbocycles. The fraction of sp³-hybridized carbons (Fsp3) is 1.00. The average Bonchev–Trinajstić information content (AvgIpc) is 1.60. The van der Waals surface area contributed by atoms with E-state index in [0.29, 0.717) is 0 Å². The topological polar surface area (TPSA) is 87.1 Å². The summed E-state index contributed by atoms with van der Waals surface area (Å²) in [6.45, 7) is 0. The second-order valence-corrected chi connectivity index (χ2v) is 4.74. The van der Waals surface area contributed by atoms with Crippen LogP contribution in [0.2, 0.25) is 0 Å². The predicted molar refractivity (Wildman–Crippen MR) is 35.8 cm³/mol. The Morgan fingerprint density at radius 2 is 2.00 bits per heavy atom. The molecule has 0 rings (SSSR count). The van der Waals surface area contributed by atoms with Crippen LogP contribution in [0.5, 0.6) is 0 Å². The van der Waals surface area contributed by atoms with Crippen LogP contribution in [0.4, 0.5) is 0 Å². The van der Waals surface area contributed by atoms with Gasteiger partial charge in [0.1, 0.15) is 0 Å². The van der Waals surface area contributed by atoms with Crippen LogP contribution in [0, 0.1) is 0 Å². The van der Waals surface area contributed by atoms with Gasteiger partial charge < -0.3 is 9.79 Å². The van der Waals surface area contributed by atoms with E-state index < -0.39 is 16.0 Å². The Kier molecular flexibility index (Phi) is 3.73. The molecule has 0 radical (unpaired) electrons. The standard InChI is InChI=1S/C2H9NO5P2/c1-3(2)10(6,7)8-9(4)5/h9H,1-2H3,(H,4,5)(H,6,7). The van der Waals surface area contributed by atoms with Gasteiger partial charge in [-0.05, 0) is 14.1 Å². The van der Waals surface area contributed by atoms with Crippen molar-refractivity contribution in [1.82, 2.24) is 4.67 Å². The van der Waals surface area contributed by atoms with Crippen molar-refractivity contribution in [2.75, 3.05) is 14.1 Å². The van der Waals surface area contributed by atoms with Crippen molar-refractivity contribution >= 4 is 16.0 Å². The molecule has 0 aromatic heterocycles. The summed E-state index contributed by atoms with van der Waals surface area (Å²) in [5.74, 6) is 0. The maximum atomic E-state index is 10.6. The molecule has 0 amide bonds. The molecule has 0 heterocycles. The third kappa shape index (κ3) is 3.46. The molecule has 0 bridgehead atoms. The Morgan fingerprint density at radius 1 is 1.60 bits per heavy atom. The van der Waals surface area contributed by atoms with Gasteiger partial charge in [-0.3, -0.25) is 4.57 Å². The Hall–Kier alpha value is 0.300. The smallest absolute Gasteiger partial charge is 0.326 e. The number of hydrogen-bond acceptors (Lipinski definition) is 3. The minimum Gasteiger partial charge on any atom is -0.326 e. The largest absolute Gasteiger partial charge is 0.412 e. The second kappa shape index (κ2) is 3.62. The molecule has 2 N–H and O–H groups in total. The lowest BCUT2D eigenvalue weighted by Crippen LogP contribution is -2.07. The molecule has 0 aromatic rings. The Bertz CT molecular complexity index is 178. The number of nitrogens with zero attached hydrogens (tertiary/aromatic N) is 1. The highest BCUT2D eigenvalue weighted by molar-refractivity contribution is 7.57. The minimum atomic E-state index is -4.00. The predicted octanol–water partition coefficient (Wildman–Crippen LogP) is 0.0470. The second-order valence-electron chi connectivity index (χ2n) is 1.69. The molecule has 2 atom stereocenters. The van der Waals surface area contributed by atoms with Crippen LogP contribution in [0.25, 0.3) is 0 Å². The lowest BCUT2D eigenvalue weighted by molar-refractivity contribution is 0.303.